The molecule has 3 nitrogen and oxygen atoms in total. The minimum atomic E-state index is -0.729. The summed E-state index contributed by atoms with van der Waals surface area (Å²) in [6, 6.07) is 7.59. The Morgan fingerprint density at radius 2 is 1.89 bits per heavy atom. The van der Waals surface area contributed by atoms with Crippen molar-refractivity contribution in [1.82, 2.24) is 0 Å². The Hall–Kier alpha value is -1.16. The van der Waals surface area contributed by atoms with E-state index in [1.807, 2.05) is 24.3 Å². The first-order chi connectivity index (χ1) is 8.81. The third kappa shape index (κ3) is 6.01. The Morgan fingerprint density at radius 3 is 2.32 bits per heavy atom. The molecule has 1 aromatic rings. The maximum Gasteiger partial charge on any atom is 0.307 e. The lowest BCUT2D eigenvalue weighted by molar-refractivity contribution is -0.140. The Bertz CT molecular complexity index is 406. The second-order valence-corrected chi connectivity index (χ2v) is 7.36. The molecular formula is C15H22O3S. The highest BCUT2D eigenvalue weighted by molar-refractivity contribution is 8.00. The van der Waals surface area contributed by atoms with E-state index in [2.05, 4.69) is 20.8 Å². The van der Waals surface area contributed by atoms with Crippen LogP contribution < -0.4 is 4.74 Å². The van der Waals surface area contributed by atoms with E-state index in [0.717, 1.165) is 11.3 Å². The Labute approximate surface area is 119 Å². The largest absolute Gasteiger partial charge is 0.497 e. The molecule has 0 aliphatic rings. The fourth-order valence-electron chi connectivity index (χ4n) is 1.61. The number of thioether (sulfide) groups is 1. The van der Waals surface area contributed by atoms with Crippen molar-refractivity contribution in [2.75, 3.05) is 12.9 Å². The monoisotopic (exact) mass is 282 g/mol. The van der Waals surface area contributed by atoms with Crippen molar-refractivity contribution in [2.45, 2.75) is 31.9 Å². The lowest BCUT2D eigenvalue weighted by Crippen LogP contribution is -2.22. The van der Waals surface area contributed by atoms with Crippen molar-refractivity contribution in [3.8, 4) is 5.75 Å². The molecule has 1 rings (SSSR count). The molecule has 0 amide bonds. The molecule has 0 radical (unpaired) electrons. The van der Waals surface area contributed by atoms with Gasteiger partial charge in [0.1, 0.15) is 5.75 Å². The minimum Gasteiger partial charge on any atom is -0.497 e. The lowest BCUT2D eigenvalue weighted by Gasteiger charge is -2.20. The average Bonchev–Trinajstić information content (AvgIpc) is 2.33. The molecule has 0 aliphatic heterocycles. The molecule has 106 valence electrons. The van der Waals surface area contributed by atoms with Crippen molar-refractivity contribution >= 4 is 17.7 Å². The van der Waals surface area contributed by atoms with Crippen molar-refractivity contribution in [3.63, 3.8) is 0 Å². The van der Waals surface area contributed by atoms with Crippen LogP contribution in [0.25, 0.3) is 0 Å². The summed E-state index contributed by atoms with van der Waals surface area (Å²) in [7, 11) is 1.62. The highest BCUT2D eigenvalue weighted by Gasteiger charge is 2.21. The summed E-state index contributed by atoms with van der Waals surface area (Å²) in [6.07, 6.45) is 0.558. The highest BCUT2D eigenvalue weighted by atomic mass is 32.2. The fourth-order valence-corrected chi connectivity index (χ4v) is 2.58. The van der Waals surface area contributed by atoms with Crippen LogP contribution in [-0.2, 0) is 11.2 Å². The van der Waals surface area contributed by atoms with Crippen molar-refractivity contribution in [1.29, 1.82) is 0 Å². The number of carbonyl (C=O) groups is 1. The van der Waals surface area contributed by atoms with Gasteiger partial charge in [0.25, 0.3) is 0 Å². The van der Waals surface area contributed by atoms with Crippen LogP contribution in [-0.4, -0.2) is 28.7 Å². The molecule has 1 aromatic carbocycles. The van der Waals surface area contributed by atoms with Crippen LogP contribution in [0.4, 0.5) is 0 Å². The zero-order chi connectivity index (χ0) is 14.5. The summed E-state index contributed by atoms with van der Waals surface area (Å²) in [4.78, 5) is 11.3. The number of hydrogen-bond acceptors (Lipinski definition) is 3. The number of hydrogen-bond donors (Lipinski definition) is 1. The second-order valence-electron chi connectivity index (χ2n) is 5.51. The van der Waals surface area contributed by atoms with Gasteiger partial charge in [-0.3, -0.25) is 4.79 Å². The van der Waals surface area contributed by atoms with E-state index in [4.69, 9.17) is 4.74 Å². The van der Waals surface area contributed by atoms with Gasteiger partial charge < -0.3 is 9.84 Å². The number of carboxylic acids is 1. The van der Waals surface area contributed by atoms with E-state index in [1.54, 1.807) is 18.9 Å². The maximum absolute atomic E-state index is 11.3. The number of ether oxygens (including phenoxy) is 1. The molecule has 0 aromatic heterocycles. The van der Waals surface area contributed by atoms with Crippen LogP contribution in [0.1, 0.15) is 26.3 Å². The van der Waals surface area contributed by atoms with Gasteiger partial charge in [0.05, 0.1) is 13.0 Å². The SMILES string of the molecule is COc1ccc(CC(CSC(C)(C)C)C(=O)O)cc1. The van der Waals surface area contributed by atoms with Crippen LogP contribution in [0, 0.1) is 5.92 Å². The molecule has 4 heteroatoms. The maximum atomic E-state index is 11.3. The molecule has 0 fully saturated rings. The number of methoxy groups -OCH3 is 1. The average molecular weight is 282 g/mol. The zero-order valence-corrected chi connectivity index (χ0v) is 12.8. The summed E-state index contributed by atoms with van der Waals surface area (Å²) in [6.45, 7) is 6.30. The molecular weight excluding hydrogens is 260 g/mol. The number of carboxylic acid groups (broad SMARTS) is 1. The highest BCUT2D eigenvalue weighted by Crippen LogP contribution is 2.27. The molecule has 0 saturated carbocycles. The number of aliphatic carboxylic acids is 1. The van der Waals surface area contributed by atoms with Crippen LogP contribution in [0.2, 0.25) is 0 Å². The van der Waals surface area contributed by atoms with E-state index < -0.39 is 5.97 Å². The minimum absolute atomic E-state index is 0.0909. The van der Waals surface area contributed by atoms with Crippen molar-refractivity contribution in [2.24, 2.45) is 5.92 Å². The van der Waals surface area contributed by atoms with Gasteiger partial charge in [-0.1, -0.05) is 32.9 Å². The van der Waals surface area contributed by atoms with E-state index in [9.17, 15) is 9.90 Å². The van der Waals surface area contributed by atoms with E-state index in [1.165, 1.54) is 0 Å². The van der Waals surface area contributed by atoms with Crippen LogP contribution in [0.5, 0.6) is 5.75 Å². The second kappa shape index (κ2) is 6.85. The smallest absolute Gasteiger partial charge is 0.307 e. The van der Waals surface area contributed by atoms with Gasteiger partial charge >= 0.3 is 5.97 Å². The molecule has 1 atom stereocenters. The van der Waals surface area contributed by atoms with Gasteiger partial charge in [0.2, 0.25) is 0 Å². The molecule has 0 bridgehead atoms. The van der Waals surface area contributed by atoms with E-state index >= 15 is 0 Å². The predicted molar refractivity (Wildman–Crippen MR) is 80.0 cm³/mol. The van der Waals surface area contributed by atoms with Gasteiger partial charge in [-0.15, -0.1) is 0 Å². The first-order valence-corrected chi connectivity index (χ1v) is 7.30. The quantitative estimate of drug-likeness (QED) is 0.868. The topological polar surface area (TPSA) is 46.5 Å². The summed E-state index contributed by atoms with van der Waals surface area (Å²) < 4.78 is 5.18. The van der Waals surface area contributed by atoms with Crippen molar-refractivity contribution in [3.05, 3.63) is 29.8 Å². The Kier molecular flexibility index (Phi) is 5.73. The standard InChI is InChI=1S/C15H22O3S/c1-15(2,3)19-10-12(14(16)17)9-11-5-7-13(18-4)8-6-11/h5-8,12H,9-10H2,1-4H3,(H,16,17). The van der Waals surface area contributed by atoms with Crippen molar-refractivity contribution < 1.29 is 14.6 Å². The van der Waals surface area contributed by atoms with Crippen LogP contribution in [0.3, 0.4) is 0 Å². The van der Waals surface area contributed by atoms with E-state index in [0.29, 0.717) is 12.2 Å². The Balaban J connectivity index is 2.64. The van der Waals surface area contributed by atoms with E-state index in [-0.39, 0.29) is 10.7 Å². The summed E-state index contributed by atoms with van der Waals surface area (Å²) in [5, 5.41) is 9.29. The van der Waals surface area contributed by atoms with Gasteiger partial charge in [-0.2, -0.15) is 11.8 Å². The van der Waals surface area contributed by atoms with Gasteiger partial charge in [0.15, 0.2) is 0 Å². The summed E-state index contributed by atoms with van der Waals surface area (Å²) >= 11 is 1.69. The van der Waals surface area contributed by atoms with Gasteiger partial charge in [-0.05, 0) is 24.1 Å². The summed E-state index contributed by atoms with van der Waals surface area (Å²) in [5.41, 5.74) is 1.03. The summed E-state index contributed by atoms with van der Waals surface area (Å²) in [5.74, 6) is 0.343. The van der Waals surface area contributed by atoms with Gasteiger partial charge in [0, 0.05) is 10.5 Å². The van der Waals surface area contributed by atoms with Crippen LogP contribution in [0.15, 0.2) is 24.3 Å². The molecule has 0 spiro atoms. The van der Waals surface area contributed by atoms with Crippen LogP contribution >= 0.6 is 11.8 Å². The molecule has 0 aliphatic carbocycles. The first-order valence-electron chi connectivity index (χ1n) is 6.31. The third-order valence-electron chi connectivity index (χ3n) is 2.71. The number of benzene rings is 1. The normalized spacial score (nSPS) is 13.1. The molecule has 19 heavy (non-hydrogen) atoms. The molecule has 0 heterocycles. The zero-order valence-electron chi connectivity index (χ0n) is 12.0. The first kappa shape index (κ1) is 15.9. The molecule has 1 N–H and O–H groups in total. The lowest BCUT2D eigenvalue weighted by atomic mass is 10.0. The molecule has 1 unspecified atom stereocenters. The predicted octanol–water partition coefficient (Wildman–Crippen LogP) is 3.47. The third-order valence-corrected chi connectivity index (χ3v) is 4.14. The fraction of sp³-hybridized carbons (Fsp3) is 0.533. The number of rotatable bonds is 6. The molecule has 0 saturated heterocycles. The Morgan fingerprint density at radius 1 is 1.32 bits per heavy atom. The van der Waals surface area contributed by atoms with Gasteiger partial charge in [-0.25, -0.2) is 0 Å².